The zero-order chi connectivity index (χ0) is 16.8. The topological polar surface area (TPSA) is 32.9 Å². The maximum atomic E-state index is 4.53. The van der Waals surface area contributed by atoms with Crippen LogP contribution in [0.4, 0.5) is 0 Å². The first-order valence-corrected chi connectivity index (χ1v) is 9.12. The Bertz CT molecular complexity index is 770. The standard InChI is InChI=1S/C18H16N4.ClH.Mn/c1-4-10-19-15(7-1)13-21-14-16-8-3-6-12-22(16)18(21)17-9-2-5-11-20-17;;/h1-12H,13-14H2;1H;/q;;+2/p-1. The van der Waals surface area contributed by atoms with E-state index in [1.165, 1.54) is 5.69 Å². The third kappa shape index (κ3) is 3.60. The Morgan fingerprint density at radius 2 is 1.75 bits per heavy atom. The molecule has 4 heterocycles. The smallest absolute Gasteiger partial charge is 0.200 e. The van der Waals surface area contributed by atoms with Crippen LogP contribution in [0, 0.1) is 6.17 Å². The summed E-state index contributed by atoms with van der Waals surface area (Å²) in [6.45, 7) is 1.64. The monoisotopic (exact) mass is 378 g/mol. The average molecular weight is 379 g/mol. The fourth-order valence-corrected chi connectivity index (χ4v) is 2.84. The maximum absolute atomic E-state index is 4.53. The molecule has 121 valence electrons. The van der Waals surface area contributed by atoms with E-state index in [-0.39, 0.29) is 0 Å². The predicted molar refractivity (Wildman–Crippen MR) is 88.0 cm³/mol. The molecule has 3 aromatic heterocycles. The molecule has 0 bridgehead atoms. The van der Waals surface area contributed by atoms with Gasteiger partial charge in [-0.15, -0.1) is 6.07 Å². The number of halogens is 1. The number of hydrogen-bond donors (Lipinski definition) is 0. The molecule has 0 saturated carbocycles. The molecule has 24 heavy (non-hydrogen) atoms. The molecule has 1 aliphatic rings. The van der Waals surface area contributed by atoms with Crippen LogP contribution in [0.15, 0.2) is 73.2 Å². The number of rotatable bonds is 3. The second-order valence-electron chi connectivity index (χ2n) is 5.28. The summed E-state index contributed by atoms with van der Waals surface area (Å²) in [5.74, 6) is 0. The van der Waals surface area contributed by atoms with Crippen molar-refractivity contribution in [2.45, 2.75) is 13.1 Å². The summed E-state index contributed by atoms with van der Waals surface area (Å²) in [5.41, 5.74) is 3.30. The van der Waals surface area contributed by atoms with Crippen molar-refractivity contribution < 1.29 is 19.7 Å². The van der Waals surface area contributed by atoms with Gasteiger partial charge in [-0.3, -0.25) is 19.4 Å². The van der Waals surface area contributed by atoms with Crippen molar-refractivity contribution in [2.24, 2.45) is 0 Å². The molecule has 4 nitrogen and oxygen atoms in total. The van der Waals surface area contributed by atoms with Crippen LogP contribution in [-0.4, -0.2) is 14.9 Å². The van der Waals surface area contributed by atoms with Gasteiger partial charge in [-0.1, -0.05) is 24.3 Å². The number of aromatic nitrogens is 3. The van der Waals surface area contributed by atoms with Gasteiger partial charge in [0.2, 0.25) is 0 Å². The van der Waals surface area contributed by atoms with Crippen LogP contribution in [0.3, 0.4) is 0 Å². The Balaban J connectivity index is 0.000000815. The summed E-state index contributed by atoms with van der Waals surface area (Å²) >= 11 is 2.41. The van der Waals surface area contributed by atoms with Crippen molar-refractivity contribution in [1.82, 2.24) is 14.9 Å². The second-order valence-corrected chi connectivity index (χ2v) is 5.28. The van der Waals surface area contributed by atoms with E-state index >= 15 is 0 Å². The van der Waals surface area contributed by atoms with Gasteiger partial charge in [-0.05, 0) is 24.3 Å². The van der Waals surface area contributed by atoms with Gasteiger partial charge >= 0.3 is 25.2 Å². The molecule has 1 aliphatic heterocycles. The van der Waals surface area contributed by atoms with Gasteiger partial charge in [0.15, 0.2) is 6.17 Å². The molecular weight excluding hydrogens is 363 g/mol. The van der Waals surface area contributed by atoms with Gasteiger partial charge in [0.25, 0.3) is 0 Å². The van der Waals surface area contributed by atoms with Crippen LogP contribution in [0.1, 0.15) is 17.1 Å². The minimum absolute atomic E-state index is 0.772. The van der Waals surface area contributed by atoms with Crippen LogP contribution in [0.2, 0.25) is 0 Å². The van der Waals surface area contributed by atoms with E-state index in [0.29, 0.717) is 0 Å². The Labute approximate surface area is 154 Å². The van der Waals surface area contributed by atoms with Gasteiger partial charge in [0, 0.05) is 18.9 Å². The first-order chi connectivity index (χ1) is 11.9. The van der Waals surface area contributed by atoms with Crippen LogP contribution in [-0.2, 0) is 28.2 Å². The summed E-state index contributed by atoms with van der Waals surface area (Å²) in [5, 5.41) is 0. The van der Waals surface area contributed by atoms with E-state index in [1.807, 2.05) is 36.7 Å². The normalized spacial score (nSPS) is 13.1. The van der Waals surface area contributed by atoms with E-state index in [2.05, 4.69) is 81.2 Å². The molecule has 0 unspecified atom stereocenters. The van der Waals surface area contributed by atoms with Crippen LogP contribution < -0.4 is 4.57 Å². The van der Waals surface area contributed by atoms with Gasteiger partial charge in [0.05, 0.1) is 24.1 Å². The summed E-state index contributed by atoms with van der Waals surface area (Å²) in [6.07, 6.45) is 6.88. The Morgan fingerprint density at radius 3 is 2.46 bits per heavy atom. The average Bonchev–Trinajstić information content (AvgIpc) is 3.03. The molecule has 0 atom stereocenters. The molecule has 0 spiro atoms. The van der Waals surface area contributed by atoms with E-state index in [1.54, 1.807) is 0 Å². The molecule has 0 aromatic carbocycles. The zero-order valence-electron chi connectivity index (χ0n) is 12.9. The molecule has 3 aromatic rings. The molecular formula is C18H16ClMnN4+. The third-order valence-electron chi connectivity index (χ3n) is 3.80. The number of pyridine rings is 3. The zero-order valence-corrected chi connectivity index (χ0v) is 14.8. The van der Waals surface area contributed by atoms with E-state index < -0.39 is 0 Å². The first kappa shape index (κ1) is 16.9. The molecule has 0 fully saturated rings. The molecule has 0 radical (unpaired) electrons. The largest absolute Gasteiger partial charge is 0.272 e. The summed E-state index contributed by atoms with van der Waals surface area (Å²) in [4.78, 5) is 11.3. The number of fused-ring (bicyclic) bond motifs is 1. The molecule has 6 heteroatoms. The van der Waals surface area contributed by atoms with Crippen LogP contribution >= 0.6 is 10.1 Å². The Morgan fingerprint density at radius 1 is 1.00 bits per heavy atom. The van der Waals surface area contributed by atoms with Crippen LogP contribution in [0.5, 0.6) is 0 Å². The van der Waals surface area contributed by atoms with E-state index in [0.717, 1.165) is 30.6 Å². The molecule has 0 aliphatic carbocycles. The molecule has 4 rings (SSSR count). The Kier molecular flexibility index (Phi) is 5.83. The maximum Gasteiger partial charge on any atom is 0.200 e. The minimum atomic E-state index is 0.772. The van der Waals surface area contributed by atoms with E-state index in [9.17, 15) is 0 Å². The second kappa shape index (κ2) is 8.27. The summed E-state index contributed by atoms with van der Waals surface area (Å²) in [7, 11) is 4.45. The predicted octanol–water partition coefficient (Wildman–Crippen LogP) is 2.85. The quantitative estimate of drug-likeness (QED) is 0.399. The fraction of sp³-hybridized carbons (Fsp3) is 0.111. The summed E-state index contributed by atoms with van der Waals surface area (Å²) in [6, 6.07) is 18.3. The molecule has 0 saturated heterocycles. The van der Waals surface area contributed by atoms with Crippen molar-refractivity contribution in [3.05, 3.63) is 96.4 Å². The van der Waals surface area contributed by atoms with Crippen molar-refractivity contribution >= 4 is 10.1 Å². The molecule has 0 amide bonds. The number of nitrogens with zero attached hydrogens (tertiary/aromatic N) is 4. The van der Waals surface area contributed by atoms with Crippen LogP contribution in [0.25, 0.3) is 0 Å². The number of hydrogen-bond acceptors (Lipinski definition) is 3. The van der Waals surface area contributed by atoms with Crippen molar-refractivity contribution in [1.29, 1.82) is 0 Å². The van der Waals surface area contributed by atoms with Crippen molar-refractivity contribution in [3.8, 4) is 0 Å². The molecule has 0 N–H and O–H groups in total. The SMILES string of the molecule is [Cl][Mn+].c1ccc(CN2Cc3cccc[n+]3[C-]2c2ccccn2)nc1. The fourth-order valence-electron chi connectivity index (χ4n) is 2.84. The van der Waals surface area contributed by atoms with Crippen molar-refractivity contribution in [2.75, 3.05) is 0 Å². The van der Waals surface area contributed by atoms with E-state index in [4.69, 9.17) is 0 Å². The van der Waals surface area contributed by atoms with Crippen molar-refractivity contribution in [3.63, 3.8) is 0 Å². The third-order valence-corrected chi connectivity index (χ3v) is 3.80. The van der Waals surface area contributed by atoms with Gasteiger partial charge in [-0.2, -0.15) is 0 Å². The van der Waals surface area contributed by atoms with Gasteiger partial charge in [0.1, 0.15) is 5.69 Å². The first-order valence-electron chi connectivity index (χ1n) is 7.49. The van der Waals surface area contributed by atoms with Gasteiger partial charge in [-0.25, -0.2) is 0 Å². The van der Waals surface area contributed by atoms with Gasteiger partial charge < -0.3 is 0 Å². The minimum Gasteiger partial charge on any atom is -0.272 e. The Hall–Kier alpha value is -1.91. The summed E-state index contributed by atoms with van der Waals surface area (Å²) < 4.78 is 2.21.